The van der Waals surface area contributed by atoms with E-state index in [9.17, 15) is 30.1 Å². The first-order valence-corrected chi connectivity index (χ1v) is 5.67. The van der Waals surface area contributed by atoms with Crippen LogP contribution in [-0.4, -0.2) is 75.3 Å². The van der Waals surface area contributed by atoms with Gasteiger partial charge >= 0.3 is 6.03 Å². The van der Waals surface area contributed by atoms with Crippen LogP contribution in [0.25, 0.3) is 0 Å². The molecule has 10 heteroatoms. The van der Waals surface area contributed by atoms with Gasteiger partial charge in [-0.1, -0.05) is 0 Å². The van der Waals surface area contributed by atoms with Crippen molar-refractivity contribution in [3.05, 3.63) is 4.91 Å². The predicted octanol–water partition coefficient (Wildman–Crippen LogP) is -2.50. The summed E-state index contributed by atoms with van der Waals surface area (Å²) in [5.41, 5.74) is 0. The maximum Gasteiger partial charge on any atom is 0.342 e. The molecule has 0 spiro atoms. The monoisotopic (exact) mass is 279 g/mol. The highest BCUT2D eigenvalue weighted by atomic mass is 16.5. The van der Waals surface area contributed by atoms with Crippen molar-refractivity contribution in [1.82, 2.24) is 10.3 Å². The number of carbonyl (C=O) groups is 1. The van der Waals surface area contributed by atoms with Crippen LogP contribution in [0.2, 0.25) is 0 Å². The van der Waals surface area contributed by atoms with Crippen LogP contribution < -0.4 is 5.32 Å². The molecular formula is C9H17N3O7. The zero-order chi connectivity index (χ0) is 14.6. The number of urea groups is 1. The van der Waals surface area contributed by atoms with Crippen molar-refractivity contribution in [3.8, 4) is 0 Å². The van der Waals surface area contributed by atoms with Gasteiger partial charge in [0.15, 0.2) is 6.23 Å². The molecular weight excluding hydrogens is 262 g/mol. The number of hydrogen-bond donors (Lipinski definition) is 5. The first kappa shape index (κ1) is 15.7. The van der Waals surface area contributed by atoms with Gasteiger partial charge in [-0.2, -0.15) is 5.01 Å². The molecule has 10 nitrogen and oxygen atoms in total. The van der Waals surface area contributed by atoms with E-state index >= 15 is 0 Å². The Kier molecular flexibility index (Phi) is 5.57. The van der Waals surface area contributed by atoms with Crippen LogP contribution >= 0.6 is 0 Å². The molecule has 0 radical (unpaired) electrons. The van der Waals surface area contributed by atoms with Gasteiger partial charge in [0.25, 0.3) is 0 Å². The fourth-order valence-corrected chi connectivity index (χ4v) is 1.63. The van der Waals surface area contributed by atoms with E-state index in [1.54, 1.807) is 0 Å². The molecule has 1 rings (SSSR count). The van der Waals surface area contributed by atoms with E-state index < -0.39 is 36.7 Å². The lowest BCUT2D eigenvalue weighted by atomic mass is 9.99. The average Bonchev–Trinajstić information content (AvgIpc) is 2.37. The molecule has 0 bridgehead atoms. The average molecular weight is 279 g/mol. The lowest BCUT2D eigenvalue weighted by Gasteiger charge is -2.37. The van der Waals surface area contributed by atoms with E-state index in [1.165, 1.54) is 6.92 Å². The first-order chi connectivity index (χ1) is 8.92. The van der Waals surface area contributed by atoms with Crippen LogP contribution in [-0.2, 0) is 4.74 Å². The summed E-state index contributed by atoms with van der Waals surface area (Å²) in [5.74, 6) is 0. The fraction of sp³-hybridized carbons (Fsp3) is 0.889. The van der Waals surface area contributed by atoms with Gasteiger partial charge in [-0.25, -0.2) is 4.79 Å². The highest BCUT2D eigenvalue weighted by Crippen LogP contribution is 2.17. The lowest BCUT2D eigenvalue weighted by molar-refractivity contribution is -0.213. The molecule has 110 valence electrons. The number of amides is 2. The molecule has 19 heavy (non-hydrogen) atoms. The molecule has 1 saturated heterocycles. The summed E-state index contributed by atoms with van der Waals surface area (Å²) in [5, 5.41) is 42.8. The van der Waals surface area contributed by atoms with Crippen LogP contribution in [0.15, 0.2) is 5.29 Å². The number of nitrogens with one attached hydrogen (secondary N) is 1. The maximum absolute atomic E-state index is 11.4. The maximum atomic E-state index is 11.4. The van der Waals surface area contributed by atoms with Crippen molar-refractivity contribution in [2.24, 2.45) is 5.29 Å². The molecule has 1 unspecified atom stereocenters. The summed E-state index contributed by atoms with van der Waals surface area (Å²) in [6.45, 7) is 1.19. The third kappa shape index (κ3) is 3.58. The van der Waals surface area contributed by atoms with Crippen LogP contribution in [0.5, 0.6) is 0 Å². The minimum Gasteiger partial charge on any atom is -0.388 e. The summed E-state index contributed by atoms with van der Waals surface area (Å²) in [4.78, 5) is 21.7. The number of nitroso groups, excluding NO2 is 1. The summed E-state index contributed by atoms with van der Waals surface area (Å²) in [6.07, 6.45) is -7.36. The molecule has 0 aromatic carbocycles. The number of carbonyl (C=O) groups excluding carboxylic acids is 1. The summed E-state index contributed by atoms with van der Waals surface area (Å²) >= 11 is 0. The molecule has 0 aliphatic carbocycles. The number of ether oxygens (including phenoxy) is 1. The summed E-state index contributed by atoms with van der Waals surface area (Å²) in [6, 6.07) is -0.971. The van der Waals surface area contributed by atoms with Gasteiger partial charge in [-0.05, 0) is 6.92 Å². The molecule has 5 atom stereocenters. The van der Waals surface area contributed by atoms with Crippen LogP contribution in [0.4, 0.5) is 4.79 Å². The molecule has 5 N–H and O–H groups in total. The number of nitrogens with zero attached hydrogens (tertiary/aromatic N) is 2. The standard InChI is InChI=1S/C9H17N3O7/c1-2-12(11-18)9(17)10-8(16)7-6(15)5(14)4(13)3-19-7/h4-8,13-16H,2-3H2,1H3,(H,10,17)/t4-,5+,6-,7-,8?/m0/s1. The topological polar surface area (TPSA) is 152 Å². The van der Waals surface area contributed by atoms with Gasteiger partial charge in [0.05, 0.1) is 11.9 Å². The fourth-order valence-electron chi connectivity index (χ4n) is 1.63. The lowest BCUT2D eigenvalue weighted by Crippen LogP contribution is -2.61. The van der Waals surface area contributed by atoms with Crippen molar-refractivity contribution in [3.63, 3.8) is 0 Å². The van der Waals surface area contributed by atoms with Gasteiger partial charge < -0.3 is 30.5 Å². The smallest absolute Gasteiger partial charge is 0.342 e. The van der Waals surface area contributed by atoms with Gasteiger partial charge in [-0.3, -0.25) is 0 Å². The minimum absolute atomic E-state index is 0.00251. The van der Waals surface area contributed by atoms with Crippen LogP contribution in [0.1, 0.15) is 6.92 Å². The Balaban J connectivity index is 2.60. The Morgan fingerprint density at radius 1 is 1.47 bits per heavy atom. The van der Waals surface area contributed by atoms with E-state index in [-0.39, 0.29) is 13.2 Å². The predicted molar refractivity (Wildman–Crippen MR) is 60.5 cm³/mol. The van der Waals surface area contributed by atoms with Gasteiger partial charge in [0.1, 0.15) is 24.4 Å². The van der Waals surface area contributed by atoms with E-state index in [4.69, 9.17) is 4.74 Å². The Morgan fingerprint density at radius 3 is 2.63 bits per heavy atom. The molecule has 0 saturated carbocycles. The van der Waals surface area contributed by atoms with E-state index in [0.29, 0.717) is 5.01 Å². The number of aliphatic hydroxyl groups is 4. The molecule has 1 aliphatic rings. The highest BCUT2D eigenvalue weighted by molar-refractivity contribution is 5.73. The molecule has 1 aliphatic heterocycles. The highest BCUT2D eigenvalue weighted by Gasteiger charge is 2.41. The summed E-state index contributed by atoms with van der Waals surface area (Å²) in [7, 11) is 0. The zero-order valence-corrected chi connectivity index (χ0v) is 10.2. The SMILES string of the molecule is CCN(N=O)C(=O)NC(O)[C@H]1OC[C@H](O)[C@@H](O)[C@@H]1O. The second kappa shape index (κ2) is 6.73. The van der Waals surface area contributed by atoms with Crippen LogP contribution in [0, 0.1) is 4.91 Å². The quantitative estimate of drug-likeness (QED) is 0.216. The second-order valence-electron chi connectivity index (χ2n) is 4.04. The number of rotatable bonds is 4. The zero-order valence-electron chi connectivity index (χ0n) is 10.2. The van der Waals surface area contributed by atoms with E-state index in [2.05, 4.69) is 5.29 Å². The Bertz CT molecular complexity index is 329. The first-order valence-electron chi connectivity index (χ1n) is 5.67. The van der Waals surface area contributed by atoms with Crippen molar-refractivity contribution < 1.29 is 30.0 Å². The van der Waals surface area contributed by atoms with E-state index in [0.717, 1.165) is 0 Å². The van der Waals surface area contributed by atoms with Gasteiger partial charge in [0.2, 0.25) is 0 Å². The van der Waals surface area contributed by atoms with Crippen molar-refractivity contribution in [1.29, 1.82) is 0 Å². The Hall–Kier alpha value is -1.33. The normalized spacial score (nSPS) is 32.5. The number of aliphatic hydroxyl groups excluding tert-OH is 4. The number of hydrogen-bond acceptors (Lipinski definition) is 8. The summed E-state index contributed by atoms with van der Waals surface area (Å²) < 4.78 is 4.93. The molecule has 1 fully saturated rings. The molecule has 1 heterocycles. The second-order valence-corrected chi connectivity index (χ2v) is 4.04. The van der Waals surface area contributed by atoms with Crippen molar-refractivity contribution >= 4 is 6.03 Å². The van der Waals surface area contributed by atoms with Crippen molar-refractivity contribution in [2.75, 3.05) is 13.2 Å². The minimum atomic E-state index is -1.67. The Labute approximate surface area is 108 Å². The Morgan fingerprint density at radius 2 is 2.11 bits per heavy atom. The molecule has 0 aromatic rings. The third-order valence-corrected chi connectivity index (χ3v) is 2.76. The largest absolute Gasteiger partial charge is 0.388 e. The van der Waals surface area contributed by atoms with Gasteiger partial charge in [0, 0.05) is 6.54 Å². The van der Waals surface area contributed by atoms with Crippen LogP contribution in [0.3, 0.4) is 0 Å². The van der Waals surface area contributed by atoms with E-state index in [1.807, 2.05) is 5.32 Å². The van der Waals surface area contributed by atoms with Crippen molar-refractivity contribution in [2.45, 2.75) is 37.6 Å². The third-order valence-electron chi connectivity index (χ3n) is 2.76. The molecule has 2 amide bonds. The molecule has 0 aromatic heterocycles. The van der Waals surface area contributed by atoms with Gasteiger partial charge in [-0.15, -0.1) is 4.91 Å².